The van der Waals surface area contributed by atoms with Crippen LogP contribution in [0.3, 0.4) is 0 Å². The van der Waals surface area contributed by atoms with E-state index in [1.807, 2.05) is 31.2 Å². The first-order valence-electron chi connectivity index (χ1n) is 13.5. The van der Waals surface area contributed by atoms with Gasteiger partial charge in [0, 0.05) is 23.5 Å². The number of aromatic nitrogens is 1. The number of aryl methyl sites for hydroxylation is 1. The molecule has 40 heavy (non-hydrogen) atoms. The molecular weight excluding hydrogens is 552 g/mol. The average Bonchev–Trinajstić information content (AvgIpc) is 3.55. The van der Waals surface area contributed by atoms with Crippen LogP contribution in [0.2, 0.25) is 4.34 Å². The zero-order chi connectivity index (χ0) is 28.2. The molecule has 3 N–H and O–H groups in total. The summed E-state index contributed by atoms with van der Waals surface area (Å²) in [4.78, 5) is 40.2. The molecule has 2 amide bonds. The number of thiophene rings is 1. The van der Waals surface area contributed by atoms with E-state index in [1.54, 1.807) is 29.0 Å². The van der Waals surface area contributed by atoms with E-state index in [0.29, 0.717) is 40.5 Å². The SMILES string of the molecule is Cc1cc(N2C[C@H](CNC(=O)c3ccc(Cl)s3)OC2=O)ccc1-n1cccc(CCN[C@H]2CC[C@H](O)CC2)c1=O. The van der Waals surface area contributed by atoms with E-state index in [2.05, 4.69) is 10.6 Å². The number of benzene rings is 1. The highest BCUT2D eigenvalue weighted by Crippen LogP contribution is 2.26. The zero-order valence-corrected chi connectivity index (χ0v) is 23.8. The minimum atomic E-state index is -0.488. The Bertz CT molecular complexity index is 1430. The Hall–Kier alpha value is -3.18. The predicted octanol–water partition coefficient (Wildman–Crippen LogP) is 4.05. The minimum absolute atomic E-state index is 0.0670. The maximum atomic E-state index is 13.3. The van der Waals surface area contributed by atoms with E-state index in [0.717, 1.165) is 42.5 Å². The zero-order valence-electron chi connectivity index (χ0n) is 22.3. The molecule has 3 heterocycles. The van der Waals surface area contributed by atoms with Crippen molar-refractivity contribution < 1.29 is 19.4 Å². The fourth-order valence-corrected chi connectivity index (χ4v) is 6.22. The van der Waals surface area contributed by atoms with Gasteiger partial charge in [0.2, 0.25) is 0 Å². The summed E-state index contributed by atoms with van der Waals surface area (Å²) in [5.74, 6) is -0.260. The van der Waals surface area contributed by atoms with E-state index in [4.69, 9.17) is 16.3 Å². The van der Waals surface area contributed by atoms with Crippen molar-refractivity contribution in [3.63, 3.8) is 0 Å². The third kappa shape index (κ3) is 6.58. The van der Waals surface area contributed by atoms with Crippen LogP contribution in [-0.4, -0.2) is 59.6 Å². The molecule has 0 bridgehead atoms. The van der Waals surface area contributed by atoms with Crippen LogP contribution >= 0.6 is 22.9 Å². The highest BCUT2D eigenvalue weighted by Gasteiger charge is 2.33. The van der Waals surface area contributed by atoms with Crippen molar-refractivity contribution in [3.8, 4) is 5.69 Å². The standard InChI is InChI=1S/C29H33ClN4O5S/c1-18-15-21(34-17-23(39-29(34)38)16-32-27(36)25-10-11-26(30)40-25)6-9-24(18)33-14-2-3-19(28(33)37)12-13-31-20-4-7-22(35)8-5-20/h2-3,6,9-11,14-15,20,22-23,31,35H,4-5,7-8,12-13,16-17H2,1H3,(H,32,36)/t20-,22-,23-/m0/s1. The number of aliphatic hydroxyl groups is 1. The van der Waals surface area contributed by atoms with Gasteiger partial charge in [0.25, 0.3) is 11.5 Å². The number of ether oxygens (including phenoxy) is 1. The normalized spacial score (nSPS) is 20.9. The molecule has 1 saturated heterocycles. The molecule has 2 aromatic heterocycles. The molecule has 0 radical (unpaired) electrons. The molecule has 1 atom stereocenters. The van der Waals surface area contributed by atoms with E-state index in [-0.39, 0.29) is 24.1 Å². The molecule has 5 rings (SSSR count). The topological polar surface area (TPSA) is 113 Å². The van der Waals surface area contributed by atoms with Gasteiger partial charge in [-0.3, -0.25) is 19.1 Å². The Balaban J connectivity index is 1.20. The van der Waals surface area contributed by atoms with Gasteiger partial charge in [0.05, 0.1) is 34.1 Å². The average molecular weight is 585 g/mol. The molecule has 9 nitrogen and oxygen atoms in total. The first kappa shape index (κ1) is 28.4. The number of amides is 2. The van der Waals surface area contributed by atoms with Crippen LogP contribution in [0.5, 0.6) is 0 Å². The molecule has 2 aliphatic rings. The fraction of sp³-hybridized carbons (Fsp3) is 0.414. The lowest BCUT2D eigenvalue weighted by Gasteiger charge is -2.26. The lowest BCUT2D eigenvalue weighted by atomic mass is 9.93. The monoisotopic (exact) mass is 584 g/mol. The number of pyridine rings is 1. The Morgan fingerprint density at radius 3 is 2.67 bits per heavy atom. The van der Waals surface area contributed by atoms with Crippen LogP contribution in [0.25, 0.3) is 5.69 Å². The number of hydrogen-bond donors (Lipinski definition) is 3. The summed E-state index contributed by atoms with van der Waals surface area (Å²) in [5.41, 5.74) is 2.91. The Kier molecular flexibility index (Phi) is 8.90. The number of halogens is 1. The first-order chi connectivity index (χ1) is 19.3. The number of carbonyl (C=O) groups is 2. The van der Waals surface area contributed by atoms with Gasteiger partial charge in [-0.1, -0.05) is 17.7 Å². The van der Waals surface area contributed by atoms with Gasteiger partial charge in [0.15, 0.2) is 0 Å². The third-order valence-electron chi connectivity index (χ3n) is 7.46. The maximum Gasteiger partial charge on any atom is 0.414 e. The van der Waals surface area contributed by atoms with Crippen molar-refractivity contribution in [1.82, 2.24) is 15.2 Å². The van der Waals surface area contributed by atoms with Crippen LogP contribution < -0.4 is 21.1 Å². The van der Waals surface area contributed by atoms with Crippen molar-refractivity contribution >= 4 is 40.6 Å². The van der Waals surface area contributed by atoms with E-state index in [9.17, 15) is 19.5 Å². The summed E-state index contributed by atoms with van der Waals surface area (Å²) < 4.78 is 7.65. The molecule has 1 aliphatic heterocycles. The number of carbonyl (C=O) groups excluding carboxylic acids is 2. The third-order valence-corrected chi connectivity index (χ3v) is 8.69. The molecule has 0 spiro atoms. The molecule has 1 saturated carbocycles. The molecular formula is C29H33ClN4O5S. The van der Waals surface area contributed by atoms with Gasteiger partial charge >= 0.3 is 6.09 Å². The molecule has 1 aliphatic carbocycles. The fourth-order valence-electron chi connectivity index (χ4n) is 5.26. The Morgan fingerprint density at radius 2 is 1.95 bits per heavy atom. The molecule has 0 unspecified atom stereocenters. The van der Waals surface area contributed by atoms with Crippen molar-refractivity contribution in [2.24, 2.45) is 0 Å². The highest BCUT2D eigenvalue weighted by molar-refractivity contribution is 7.18. The smallest absolute Gasteiger partial charge is 0.414 e. The molecule has 212 valence electrons. The van der Waals surface area contributed by atoms with Gasteiger partial charge in [-0.15, -0.1) is 11.3 Å². The summed E-state index contributed by atoms with van der Waals surface area (Å²) >= 11 is 7.09. The van der Waals surface area contributed by atoms with Gasteiger partial charge in [0.1, 0.15) is 6.10 Å². The Labute approximate surface area is 241 Å². The number of nitrogens with zero attached hydrogens (tertiary/aromatic N) is 2. The minimum Gasteiger partial charge on any atom is -0.442 e. The summed E-state index contributed by atoms with van der Waals surface area (Å²) in [6, 6.07) is 12.9. The summed E-state index contributed by atoms with van der Waals surface area (Å²) in [6.07, 6.45) is 4.78. The second-order valence-electron chi connectivity index (χ2n) is 10.3. The number of nitrogens with one attached hydrogen (secondary N) is 2. The number of aliphatic hydroxyl groups excluding tert-OH is 1. The van der Waals surface area contributed by atoms with Crippen molar-refractivity contribution in [2.45, 2.75) is 57.3 Å². The summed E-state index contributed by atoms with van der Waals surface area (Å²) in [7, 11) is 0. The van der Waals surface area contributed by atoms with Gasteiger partial charge in [-0.25, -0.2) is 4.79 Å². The largest absolute Gasteiger partial charge is 0.442 e. The van der Waals surface area contributed by atoms with Crippen molar-refractivity contribution in [1.29, 1.82) is 0 Å². The lowest BCUT2D eigenvalue weighted by molar-refractivity contribution is 0.0920. The number of hydrogen-bond acceptors (Lipinski definition) is 7. The second kappa shape index (κ2) is 12.6. The number of rotatable bonds is 9. The molecule has 2 fully saturated rings. The number of cyclic esters (lactones) is 1. The predicted molar refractivity (Wildman–Crippen MR) is 156 cm³/mol. The quantitative estimate of drug-likeness (QED) is 0.350. The van der Waals surface area contributed by atoms with Gasteiger partial charge in [-0.2, -0.15) is 0 Å². The van der Waals surface area contributed by atoms with Crippen LogP contribution in [0.1, 0.15) is 46.5 Å². The van der Waals surface area contributed by atoms with E-state index in [1.165, 1.54) is 16.2 Å². The van der Waals surface area contributed by atoms with Crippen LogP contribution in [0, 0.1) is 6.92 Å². The highest BCUT2D eigenvalue weighted by atomic mass is 35.5. The summed E-state index contributed by atoms with van der Waals surface area (Å²) in [6.45, 7) is 3.10. The summed E-state index contributed by atoms with van der Waals surface area (Å²) in [5, 5.41) is 16.0. The van der Waals surface area contributed by atoms with Crippen LogP contribution in [0.15, 0.2) is 53.5 Å². The maximum absolute atomic E-state index is 13.3. The van der Waals surface area contributed by atoms with E-state index >= 15 is 0 Å². The van der Waals surface area contributed by atoms with Crippen LogP contribution in [-0.2, 0) is 11.2 Å². The first-order valence-corrected chi connectivity index (χ1v) is 14.7. The molecule has 3 aromatic rings. The van der Waals surface area contributed by atoms with Crippen molar-refractivity contribution in [3.05, 3.63) is 79.4 Å². The number of anilines is 1. The van der Waals surface area contributed by atoms with Gasteiger partial charge in [-0.05, 0) is 87.5 Å². The molecule has 11 heteroatoms. The lowest BCUT2D eigenvalue weighted by Crippen LogP contribution is -2.36. The molecule has 1 aromatic carbocycles. The second-order valence-corrected chi connectivity index (χ2v) is 12.0. The van der Waals surface area contributed by atoms with Gasteiger partial charge < -0.3 is 20.5 Å². The van der Waals surface area contributed by atoms with Crippen molar-refractivity contribution in [2.75, 3.05) is 24.5 Å². The Morgan fingerprint density at radius 1 is 1.15 bits per heavy atom. The van der Waals surface area contributed by atoms with E-state index < -0.39 is 12.2 Å². The van der Waals surface area contributed by atoms with Crippen LogP contribution in [0.4, 0.5) is 10.5 Å².